The molecule has 152 valence electrons. The Labute approximate surface area is 177 Å². The first-order valence-electron chi connectivity index (χ1n) is 10.8. The molecule has 2 aromatic rings. The number of carbonyl (C=O) groups is 1. The lowest BCUT2D eigenvalue weighted by Crippen LogP contribution is -2.24. The summed E-state index contributed by atoms with van der Waals surface area (Å²) in [5.74, 6) is 0.453. The van der Waals surface area contributed by atoms with E-state index in [4.69, 9.17) is 0 Å². The van der Waals surface area contributed by atoms with Crippen LogP contribution in [0.1, 0.15) is 50.7 Å². The minimum Gasteiger partial charge on any atom is -0.310 e. The molecule has 1 atom stereocenters. The first-order valence-corrected chi connectivity index (χ1v) is 10.8. The van der Waals surface area contributed by atoms with E-state index in [2.05, 4.69) is 56.0 Å². The molecule has 1 heterocycles. The molecule has 30 heavy (non-hydrogen) atoms. The van der Waals surface area contributed by atoms with Gasteiger partial charge in [-0.25, -0.2) is 4.39 Å². The number of carbonyl (C=O) groups excluding carboxylic acids is 1. The molecule has 3 heteroatoms. The number of ketones is 1. The van der Waals surface area contributed by atoms with E-state index >= 15 is 0 Å². The topological polar surface area (TPSA) is 20.3 Å². The molecule has 1 aliphatic heterocycles. The van der Waals surface area contributed by atoms with Gasteiger partial charge < -0.3 is 4.90 Å². The summed E-state index contributed by atoms with van der Waals surface area (Å²) in [5, 5.41) is 0. The number of Topliss-reactive ketones (excluding diaryl/α,β-unsaturated/α-hetero) is 1. The highest BCUT2D eigenvalue weighted by molar-refractivity contribution is 6.04. The molecule has 3 aliphatic rings. The smallest absolute Gasteiger partial charge is 0.166 e. The molecule has 2 aromatic carbocycles. The number of rotatable bonds is 3. The fourth-order valence-corrected chi connectivity index (χ4v) is 4.93. The number of hydrogen-bond acceptors (Lipinski definition) is 2. The van der Waals surface area contributed by atoms with E-state index in [1.54, 1.807) is 0 Å². The van der Waals surface area contributed by atoms with E-state index < -0.39 is 0 Å². The first kappa shape index (κ1) is 19.0. The van der Waals surface area contributed by atoms with Crippen LogP contribution in [0.2, 0.25) is 0 Å². The van der Waals surface area contributed by atoms with Gasteiger partial charge in [-0.2, -0.15) is 0 Å². The molecular weight excluding hydrogens is 373 g/mol. The second kappa shape index (κ2) is 7.09. The van der Waals surface area contributed by atoms with Crippen molar-refractivity contribution >= 4 is 17.2 Å². The van der Waals surface area contributed by atoms with Gasteiger partial charge in [-0.15, -0.1) is 0 Å². The Morgan fingerprint density at radius 3 is 2.57 bits per heavy atom. The summed E-state index contributed by atoms with van der Waals surface area (Å²) < 4.78 is 13.7. The average Bonchev–Trinajstić information content (AvgIpc) is 3.11. The van der Waals surface area contributed by atoms with Crippen molar-refractivity contribution in [2.24, 2.45) is 5.92 Å². The Morgan fingerprint density at radius 2 is 1.87 bits per heavy atom. The van der Waals surface area contributed by atoms with Crippen LogP contribution in [0.5, 0.6) is 0 Å². The standard InChI is InChI=1S/C27H26FNO/c1-4-17-5-11-23-24(27(17)30)15-20-14-19-13-18(16(2)3)6-12-25(19)29(26(20)23)22-9-7-21(28)8-10-22/h5-13,16-17H,4,14-15H2,1-3H3. The lowest BCUT2D eigenvalue weighted by atomic mass is 9.87. The SMILES string of the molecule is CCC1C=CC2=C(CC3=C2N(c2ccc(F)cc2)c2ccc(C(C)C)cc2C3)C1=O. The highest BCUT2D eigenvalue weighted by atomic mass is 19.1. The number of anilines is 2. The summed E-state index contributed by atoms with van der Waals surface area (Å²) in [5.41, 5.74) is 9.02. The molecule has 0 bridgehead atoms. The number of halogens is 1. The predicted molar refractivity (Wildman–Crippen MR) is 119 cm³/mol. The van der Waals surface area contributed by atoms with Crippen molar-refractivity contribution in [1.29, 1.82) is 0 Å². The third-order valence-corrected chi connectivity index (χ3v) is 6.60. The van der Waals surface area contributed by atoms with E-state index in [-0.39, 0.29) is 17.5 Å². The summed E-state index contributed by atoms with van der Waals surface area (Å²) in [6.45, 7) is 6.48. The minimum absolute atomic E-state index is 0.0145. The van der Waals surface area contributed by atoms with Crippen molar-refractivity contribution in [2.45, 2.75) is 46.0 Å². The summed E-state index contributed by atoms with van der Waals surface area (Å²) in [6, 6.07) is 13.3. The summed E-state index contributed by atoms with van der Waals surface area (Å²) in [7, 11) is 0. The first-order chi connectivity index (χ1) is 14.5. The van der Waals surface area contributed by atoms with Crippen molar-refractivity contribution in [2.75, 3.05) is 4.90 Å². The molecule has 0 amide bonds. The van der Waals surface area contributed by atoms with Gasteiger partial charge in [-0.05, 0) is 65.8 Å². The highest BCUT2D eigenvalue weighted by Gasteiger charge is 2.38. The van der Waals surface area contributed by atoms with E-state index in [9.17, 15) is 9.18 Å². The maximum absolute atomic E-state index is 13.7. The molecular formula is C27H26FNO. The van der Waals surface area contributed by atoms with Crippen molar-refractivity contribution < 1.29 is 9.18 Å². The van der Waals surface area contributed by atoms with Crippen molar-refractivity contribution in [3.05, 3.63) is 94.0 Å². The van der Waals surface area contributed by atoms with Crippen LogP contribution in [0, 0.1) is 11.7 Å². The zero-order valence-electron chi connectivity index (χ0n) is 17.7. The van der Waals surface area contributed by atoms with Crippen LogP contribution in [0.4, 0.5) is 15.8 Å². The molecule has 0 fully saturated rings. The predicted octanol–water partition coefficient (Wildman–Crippen LogP) is 6.76. The summed E-state index contributed by atoms with van der Waals surface area (Å²) in [4.78, 5) is 15.3. The van der Waals surface area contributed by atoms with Crippen molar-refractivity contribution in [3.8, 4) is 0 Å². The lowest BCUT2D eigenvalue weighted by Gasteiger charge is -2.35. The maximum atomic E-state index is 13.7. The van der Waals surface area contributed by atoms with Crippen LogP contribution in [0.25, 0.3) is 0 Å². The third-order valence-electron chi connectivity index (χ3n) is 6.60. The third kappa shape index (κ3) is 2.87. The summed E-state index contributed by atoms with van der Waals surface area (Å²) >= 11 is 0. The van der Waals surface area contributed by atoms with Crippen LogP contribution in [0.3, 0.4) is 0 Å². The fraction of sp³-hybridized carbons (Fsp3) is 0.296. The highest BCUT2D eigenvalue weighted by Crippen LogP contribution is 2.49. The van der Waals surface area contributed by atoms with Crippen molar-refractivity contribution in [3.63, 3.8) is 0 Å². The van der Waals surface area contributed by atoms with Gasteiger partial charge in [-0.3, -0.25) is 4.79 Å². The van der Waals surface area contributed by atoms with Crippen LogP contribution >= 0.6 is 0 Å². The van der Waals surface area contributed by atoms with E-state index in [1.165, 1.54) is 28.8 Å². The normalized spacial score (nSPS) is 20.1. The Bertz CT molecular complexity index is 1130. The fourth-order valence-electron chi connectivity index (χ4n) is 4.93. The van der Waals surface area contributed by atoms with Crippen LogP contribution in [0.15, 0.2) is 77.0 Å². The van der Waals surface area contributed by atoms with Gasteiger partial charge in [0.2, 0.25) is 0 Å². The number of allylic oxidation sites excluding steroid dienone is 4. The molecule has 0 saturated heterocycles. The quantitative estimate of drug-likeness (QED) is 0.568. The van der Waals surface area contributed by atoms with Gasteiger partial charge >= 0.3 is 0 Å². The van der Waals surface area contributed by atoms with E-state index in [1.807, 2.05) is 12.1 Å². The van der Waals surface area contributed by atoms with Crippen molar-refractivity contribution in [1.82, 2.24) is 0 Å². The number of hydrogen-bond donors (Lipinski definition) is 0. The van der Waals surface area contributed by atoms with Gasteiger partial charge in [0.25, 0.3) is 0 Å². The van der Waals surface area contributed by atoms with Gasteiger partial charge in [-0.1, -0.05) is 45.1 Å². The molecule has 0 radical (unpaired) electrons. The van der Waals surface area contributed by atoms with Gasteiger partial charge in [0.1, 0.15) is 5.82 Å². The number of fused-ring (bicyclic) bond motifs is 2. The second-order valence-electron chi connectivity index (χ2n) is 8.79. The Hall–Kier alpha value is -2.94. The number of nitrogens with zero attached hydrogens (tertiary/aromatic N) is 1. The minimum atomic E-state index is -0.245. The monoisotopic (exact) mass is 399 g/mol. The largest absolute Gasteiger partial charge is 0.310 e. The molecule has 0 spiro atoms. The molecule has 2 aliphatic carbocycles. The molecule has 1 unspecified atom stereocenters. The average molecular weight is 400 g/mol. The zero-order chi connectivity index (χ0) is 21.0. The molecule has 0 N–H and O–H groups in total. The van der Waals surface area contributed by atoms with Crippen LogP contribution in [-0.4, -0.2) is 5.78 Å². The Morgan fingerprint density at radius 1 is 1.10 bits per heavy atom. The Balaban J connectivity index is 1.67. The van der Waals surface area contributed by atoms with Gasteiger partial charge in [0, 0.05) is 34.9 Å². The molecule has 0 aromatic heterocycles. The lowest BCUT2D eigenvalue weighted by molar-refractivity contribution is -0.118. The molecule has 0 saturated carbocycles. The zero-order valence-corrected chi connectivity index (χ0v) is 17.7. The molecule has 5 rings (SSSR count). The Kier molecular flexibility index (Phi) is 4.50. The second-order valence-corrected chi connectivity index (χ2v) is 8.79. The van der Waals surface area contributed by atoms with Gasteiger partial charge in [0.05, 0.1) is 5.70 Å². The summed E-state index contributed by atoms with van der Waals surface area (Å²) in [6.07, 6.45) is 6.59. The van der Waals surface area contributed by atoms with E-state index in [0.717, 1.165) is 41.1 Å². The molecule has 2 nitrogen and oxygen atoms in total. The van der Waals surface area contributed by atoms with Crippen LogP contribution in [-0.2, 0) is 11.2 Å². The maximum Gasteiger partial charge on any atom is 0.166 e. The van der Waals surface area contributed by atoms with Gasteiger partial charge in [0.15, 0.2) is 5.78 Å². The van der Waals surface area contributed by atoms with E-state index in [0.29, 0.717) is 12.3 Å². The van der Waals surface area contributed by atoms with Crippen LogP contribution < -0.4 is 4.90 Å². The number of benzene rings is 2.